The van der Waals surface area contributed by atoms with Crippen LogP contribution in [-0.2, 0) is 11.2 Å². The quantitative estimate of drug-likeness (QED) is 0.558. The molecule has 1 aliphatic heterocycles. The maximum Gasteiger partial charge on any atom is 0.407 e. The van der Waals surface area contributed by atoms with Gasteiger partial charge in [-0.3, -0.25) is 9.69 Å². The molecule has 1 aromatic carbocycles. The first kappa shape index (κ1) is 25.6. The van der Waals surface area contributed by atoms with E-state index in [9.17, 15) is 14.7 Å². The number of rotatable bonds is 4. The van der Waals surface area contributed by atoms with Crippen molar-refractivity contribution in [3.63, 3.8) is 0 Å². The van der Waals surface area contributed by atoms with Crippen molar-refractivity contribution in [3.05, 3.63) is 58.9 Å². The molecule has 192 valence electrons. The average molecular weight is 501 g/mol. The smallest absolute Gasteiger partial charge is 0.407 e. The fourth-order valence-corrected chi connectivity index (χ4v) is 4.65. The van der Waals surface area contributed by atoms with Crippen molar-refractivity contribution in [1.82, 2.24) is 19.6 Å². The predicted octanol–water partition coefficient (Wildman–Crippen LogP) is 4.28. The fourth-order valence-electron chi connectivity index (χ4n) is 4.65. The molecule has 1 aliphatic rings. The number of pyridine rings is 1. The Morgan fingerprint density at radius 3 is 2.47 bits per heavy atom. The van der Waals surface area contributed by atoms with Crippen molar-refractivity contribution < 1.29 is 28.2 Å². The highest BCUT2D eigenvalue weighted by atomic mass is 19.1. The molecule has 10 heteroatoms. The van der Waals surface area contributed by atoms with Crippen LogP contribution in [0.4, 0.5) is 13.6 Å². The molecule has 0 radical (unpaired) electrons. The summed E-state index contributed by atoms with van der Waals surface area (Å²) >= 11 is 0. The van der Waals surface area contributed by atoms with Crippen LogP contribution >= 0.6 is 0 Å². The molecular formula is C26H30F2N4O4. The summed E-state index contributed by atoms with van der Waals surface area (Å²) < 4.78 is 38.3. The van der Waals surface area contributed by atoms with Crippen molar-refractivity contribution in [2.24, 2.45) is 5.41 Å². The third-order valence-electron chi connectivity index (χ3n) is 6.58. The zero-order valence-corrected chi connectivity index (χ0v) is 20.9. The van der Waals surface area contributed by atoms with Crippen LogP contribution < -0.4 is 5.32 Å². The largest absolute Gasteiger partial charge is 0.465 e. The Labute approximate surface area is 207 Å². The molecule has 2 aromatic heterocycles. The first-order valence-corrected chi connectivity index (χ1v) is 11.7. The highest BCUT2D eigenvalue weighted by Crippen LogP contribution is 2.34. The Balaban J connectivity index is 1.78. The lowest BCUT2D eigenvalue weighted by Crippen LogP contribution is -2.57. The summed E-state index contributed by atoms with van der Waals surface area (Å²) in [4.78, 5) is 29.8. The van der Waals surface area contributed by atoms with Gasteiger partial charge in [0.15, 0.2) is 0 Å². The van der Waals surface area contributed by atoms with Crippen molar-refractivity contribution in [3.8, 4) is 11.3 Å². The van der Waals surface area contributed by atoms with E-state index >= 15 is 8.78 Å². The molecule has 36 heavy (non-hydrogen) atoms. The van der Waals surface area contributed by atoms with Gasteiger partial charge < -0.3 is 19.6 Å². The van der Waals surface area contributed by atoms with E-state index in [1.54, 1.807) is 16.7 Å². The Kier molecular flexibility index (Phi) is 6.74. The van der Waals surface area contributed by atoms with Crippen molar-refractivity contribution in [2.75, 3.05) is 20.2 Å². The first-order chi connectivity index (χ1) is 16.9. The summed E-state index contributed by atoms with van der Waals surface area (Å²) in [5.41, 5.74) is 1.17. The number of hydrogen-bond acceptors (Lipinski definition) is 4. The van der Waals surface area contributed by atoms with Crippen molar-refractivity contribution >= 4 is 17.6 Å². The van der Waals surface area contributed by atoms with Gasteiger partial charge in [0, 0.05) is 25.2 Å². The lowest BCUT2D eigenvalue weighted by molar-refractivity contribution is -0.0814. The third-order valence-corrected chi connectivity index (χ3v) is 6.58. The number of benzene rings is 1. The van der Waals surface area contributed by atoms with Crippen LogP contribution in [0.3, 0.4) is 0 Å². The minimum atomic E-state index is -1.04. The summed E-state index contributed by atoms with van der Waals surface area (Å²) in [6, 6.07) is 5.27. The average Bonchev–Trinajstić information content (AvgIpc) is 3.13. The van der Waals surface area contributed by atoms with Crippen LogP contribution in [0.5, 0.6) is 0 Å². The molecule has 0 spiro atoms. The molecule has 2 amide bonds. The van der Waals surface area contributed by atoms with Crippen LogP contribution in [-0.4, -0.2) is 63.7 Å². The zero-order chi connectivity index (χ0) is 26.4. The van der Waals surface area contributed by atoms with E-state index in [0.29, 0.717) is 11.3 Å². The second kappa shape index (κ2) is 9.50. The number of nitrogens with zero attached hydrogens (tertiary/aromatic N) is 3. The number of carbonyl (C=O) groups is 2. The van der Waals surface area contributed by atoms with E-state index in [0.717, 1.165) is 17.7 Å². The minimum absolute atomic E-state index is 0.0856. The number of morpholine rings is 1. The van der Waals surface area contributed by atoms with Gasteiger partial charge in [0.05, 0.1) is 42.2 Å². The van der Waals surface area contributed by atoms with E-state index in [1.165, 1.54) is 11.9 Å². The number of nitrogens with one attached hydrogen (secondary N) is 1. The number of hydrogen-bond donors (Lipinski definition) is 2. The highest BCUT2D eigenvalue weighted by molar-refractivity contribution is 5.94. The van der Waals surface area contributed by atoms with Crippen LogP contribution in [0.2, 0.25) is 0 Å². The summed E-state index contributed by atoms with van der Waals surface area (Å²) in [6.07, 6.45) is 0.354. The van der Waals surface area contributed by atoms with E-state index in [-0.39, 0.29) is 47.9 Å². The molecular weight excluding hydrogens is 470 g/mol. The molecule has 1 fully saturated rings. The number of fused-ring (bicyclic) bond motifs is 1. The standard InChI is InChI=1S/C26H30F2N4O4/c1-14-6-7-31-19(11-16-12-32(25(34)35)20(13-36-16)26(2,3)4)23(30-21(31)8-14)22-17(27)9-15(10-18(22)28)24(33)29-5/h6-10,16,20H,11-13H2,1-5H3,(H,29,33)(H,34,35). The van der Waals surface area contributed by atoms with Crippen LogP contribution in [0, 0.1) is 24.0 Å². The van der Waals surface area contributed by atoms with Gasteiger partial charge in [0.2, 0.25) is 0 Å². The predicted molar refractivity (Wildman–Crippen MR) is 130 cm³/mol. The first-order valence-electron chi connectivity index (χ1n) is 11.7. The summed E-state index contributed by atoms with van der Waals surface area (Å²) in [7, 11) is 1.38. The molecule has 2 N–H and O–H groups in total. The lowest BCUT2D eigenvalue weighted by Gasteiger charge is -2.44. The van der Waals surface area contributed by atoms with Crippen LogP contribution in [0.25, 0.3) is 16.9 Å². The topological polar surface area (TPSA) is 96.2 Å². The molecule has 0 bridgehead atoms. The summed E-state index contributed by atoms with van der Waals surface area (Å²) in [6.45, 7) is 8.06. The summed E-state index contributed by atoms with van der Waals surface area (Å²) in [5.74, 6) is -2.44. The Morgan fingerprint density at radius 2 is 1.89 bits per heavy atom. The number of amides is 2. The van der Waals surface area contributed by atoms with Gasteiger partial charge in [-0.05, 0) is 42.2 Å². The number of carbonyl (C=O) groups excluding carboxylic acids is 1. The number of carboxylic acid groups (broad SMARTS) is 1. The Morgan fingerprint density at radius 1 is 1.22 bits per heavy atom. The number of halogens is 2. The minimum Gasteiger partial charge on any atom is -0.465 e. The SMILES string of the molecule is CNC(=O)c1cc(F)c(-c2nc3cc(C)ccn3c2CC2CN(C(=O)O)C(C(C)(C)C)CO2)c(F)c1. The summed E-state index contributed by atoms with van der Waals surface area (Å²) in [5, 5.41) is 12.2. The molecule has 1 saturated heterocycles. The lowest BCUT2D eigenvalue weighted by atomic mass is 9.85. The number of imidazole rings is 1. The maximum absolute atomic E-state index is 15.2. The van der Waals surface area contributed by atoms with Gasteiger partial charge in [-0.15, -0.1) is 0 Å². The van der Waals surface area contributed by atoms with Gasteiger partial charge in [-0.2, -0.15) is 0 Å². The molecule has 8 nitrogen and oxygen atoms in total. The molecule has 2 atom stereocenters. The number of aromatic nitrogens is 2. The van der Waals surface area contributed by atoms with E-state index in [4.69, 9.17) is 4.74 Å². The van der Waals surface area contributed by atoms with Crippen molar-refractivity contribution in [1.29, 1.82) is 0 Å². The molecule has 4 rings (SSSR count). The molecule has 2 unspecified atom stereocenters. The third kappa shape index (κ3) is 4.77. The maximum atomic E-state index is 15.2. The fraction of sp³-hybridized carbons (Fsp3) is 0.423. The van der Waals surface area contributed by atoms with Gasteiger partial charge >= 0.3 is 6.09 Å². The van der Waals surface area contributed by atoms with Gasteiger partial charge in [-0.1, -0.05) is 20.8 Å². The van der Waals surface area contributed by atoms with Crippen LogP contribution in [0.15, 0.2) is 30.5 Å². The zero-order valence-electron chi connectivity index (χ0n) is 20.9. The molecule has 0 saturated carbocycles. The highest BCUT2D eigenvalue weighted by Gasteiger charge is 2.39. The molecule has 3 heterocycles. The van der Waals surface area contributed by atoms with E-state index in [2.05, 4.69) is 10.3 Å². The van der Waals surface area contributed by atoms with E-state index < -0.39 is 29.7 Å². The Bertz CT molecular complexity index is 1310. The molecule has 3 aromatic rings. The van der Waals surface area contributed by atoms with Gasteiger partial charge in [-0.25, -0.2) is 18.6 Å². The number of ether oxygens (including phenoxy) is 1. The van der Waals surface area contributed by atoms with E-state index in [1.807, 2.05) is 33.8 Å². The second-order valence-corrected chi connectivity index (χ2v) is 10.2. The Hall–Kier alpha value is -3.53. The van der Waals surface area contributed by atoms with Gasteiger partial charge in [0.1, 0.15) is 17.3 Å². The van der Waals surface area contributed by atoms with Crippen LogP contribution in [0.1, 0.15) is 42.4 Å². The normalized spacial score (nSPS) is 18.5. The second-order valence-electron chi connectivity index (χ2n) is 10.2. The van der Waals surface area contributed by atoms with Gasteiger partial charge in [0.25, 0.3) is 5.91 Å². The number of aryl methyl sites for hydroxylation is 1. The molecule has 0 aliphatic carbocycles. The van der Waals surface area contributed by atoms with Crippen molar-refractivity contribution in [2.45, 2.75) is 46.3 Å². The monoisotopic (exact) mass is 500 g/mol.